The lowest BCUT2D eigenvalue weighted by atomic mass is 9.96. The molecule has 1 aromatic rings. The van der Waals surface area contributed by atoms with Gasteiger partial charge in [-0.2, -0.15) is 0 Å². The number of hydrogen-bond donors (Lipinski definition) is 1. The second-order valence-electron chi connectivity index (χ2n) is 5.34. The van der Waals surface area contributed by atoms with E-state index in [2.05, 4.69) is 35.5 Å². The van der Waals surface area contributed by atoms with Crippen LogP contribution in [0.15, 0.2) is 5.16 Å². The summed E-state index contributed by atoms with van der Waals surface area (Å²) >= 11 is 1.25. The van der Waals surface area contributed by atoms with Gasteiger partial charge in [-0.1, -0.05) is 32.5 Å². The zero-order valence-electron chi connectivity index (χ0n) is 10.3. The third-order valence-corrected chi connectivity index (χ3v) is 3.50. The van der Waals surface area contributed by atoms with E-state index >= 15 is 0 Å². The quantitative estimate of drug-likeness (QED) is 0.834. The van der Waals surface area contributed by atoms with Crippen LogP contribution in [0, 0.1) is 0 Å². The van der Waals surface area contributed by atoms with E-state index in [1.165, 1.54) is 11.8 Å². The van der Waals surface area contributed by atoms with Crippen LogP contribution in [0.1, 0.15) is 45.5 Å². The van der Waals surface area contributed by atoms with E-state index in [0.717, 1.165) is 23.8 Å². The first-order valence-corrected chi connectivity index (χ1v) is 6.68. The largest absolute Gasteiger partial charge is 0.481 e. The van der Waals surface area contributed by atoms with Gasteiger partial charge in [0.05, 0.1) is 5.75 Å². The summed E-state index contributed by atoms with van der Waals surface area (Å²) in [5, 5.41) is 17.8. The number of aromatic nitrogens is 3. The Labute approximate surface area is 105 Å². The van der Waals surface area contributed by atoms with Gasteiger partial charge in [0.15, 0.2) is 5.16 Å². The molecule has 17 heavy (non-hydrogen) atoms. The summed E-state index contributed by atoms with van der Waals surface area (Å²) in [6.07, 6.45) is 2.28. The zero-order valence-corrected chi connectivity index (χ0v) is 11.1. The first kappa shape index (κ1) is 12.4. The van der Waals surface area contributed by atoms with Crippen molar-refractivity contribution in [2.45, 2.75) is 50.2 Å². The highest BCUT2D eigenvalue weighted by molar-refractivity contribution is 7.99. The van der Waals surface area contributed by atoms with E-state index in [9.17, 15) is 4.79 Å². The fourth-order valence-electron chi connectivity index (χ4n) is 1.67. The summed E-state index contributed by atoms with van der Waals surface area (Å²) in [7, 11) is 0. The van der Waals surface area contributed by atoms with Gasteiger partial charge in [-0.25, -0.2) is 0 Å². The number of carboxylic acids is 1. The van der Waals surface area contributed by atoms with Gasteiger partial charge in [-0.05, 0) is 12.8 Å². The highest BCUT2D eigenvalue weighted by Crippen LogP contribution is 2.40. The van der Waals surface area contributed by atoms with E-state index in [0.29, 0.717) is 6.04 Å². The minimum atomic E-state index is -0.822. The molecule has 5 nitrogen and oxygen atoms in total. The Kier molecular flexibility index (Phi) is 3.16. The Morgan fingerprint density at radius 3 is 2.59 bits per heavy atom. The molecule has 2 rings (SSSR count). The lowest BCUT2D eigenvalue weighted by Crippen LogP contribution is -2.19. The lowest BCUT2D eigenvalue weighted by molar-refractivity contribution is -0.133. The number of thioether (sulfide) groups is 1. The molecule has 0 aliphatic heterocycles. The summed E-state index contributed by atoms with van der Waals surface area (Å²) in [4.78, 5) is 10.6. The second kappa shape index (κ2) is 4.33. The third-order valence-electron chi connectivity index (χ3n) is 2.57. The normalized spacial score (nSPS) is 16.2. The number of carboxylic acid groups (broad SMARTS) is 1. The molecule has 0 radical (unpaired) electrons. The molecule has 0 aromatic carbocycles. The van der Waals surface area contributed by atoms with Gasteiger partial charge in [-0.15, -0.1) is 10.2 Å². The average Bonchev–Trinajstić information content (AvgIpc) is 2.93. The van der Waals surface area contributed by atoms with Crippen molar-refractivity contribution in [3.05, 3.63) is 5.82 Å². The first-order chi connectivity index (χ1) is 7.89. The van der Waals surface area contributed by atoms with Crippen molar-refractivity contribution in [1.82, 2.24) is 14.8 Å². The lowest BCUT2D eigenvalue weighted by Gasteiger charge is -2.19. The smallest absolute Gasteiger partial charge is 0.313 e. The fourth-order valence-corrected chi connectivity index (χ4v) is 2.40. The van der Waals surface area contributed by atoms with E-state index in [-0.39, 0.29) is 11.2 Å². The summed E-state index contributed by atoms with van der Waals surface area (Å²) in [6, 6.07) is 0.468. The molecule has 0 unspecified atom stereocenters. The van der Waals surface area contributed by atoms with Crippen molar-refractivity contribution in [2.75, 3.05) is 5.75 Å². The van der Waals surface area contributed by atoms with Crippen LogP contribution in [0.3, 0.4) is 0 Å². The minimum Gasteiger partial charge on any atom is -0.481 e. The molecule has 1 aliphatic rings. The van der Waals surface area contributed by atoms with E-state index in [1.54, 1.807) is 0 Å². The molecule has 1 N–H and O–H groups in total. The molecule has 6 heteroatoms. The summed E-state index contributed by atoms with van der Waals surface area (Å²) < 4.78 is 2.12. The molecule has 1 heterocycles. The fraction of sp³-hybridized carbons (Fsp3) is 0.727. The summed E-state index contributed by atoms with van der Waals surface area (Å²) in [5.74, 6) is 0.167. The predicted octanol–water partition coefficient (Wildman–Crippen LogP) is 2.09. The minimum absolute atomic E-state index is 0.0367. The molecule has 1 aromatic heterocycles. The molecule has 1 saturated carbocycles. The highest BCUT2D eigenvalue weighted by atomic mass is 32.2. The maximum absolute atomic E-state index is 10.6. The third kappa shape index (κ3) is 2.80. The van der Waals surface area contributed by atoms with Crippen molar-refractivity contribution in [3.63, 3.8) is 0 Å². The van der Waals surface area contributed by atoms with Crippen molar-refractivity contribution >= 4 is 17.7 Å². The maximum Gasteiger partial charge on any atom is 0.313 e. The molecule has 0 saturated heterocycles. The van der Waals surface area contributed by atoms with Gasteiger partial charge < -0.3 is 9.67 Å². The number of aliphatic carboxylic acids is 1. The Hall–Kier alpha value is -1.04. The molecule has 94 valence electrons. The van der Waals surface area contributed by atoms with E-state index in [1.807, 2.05) is 0 Å². The Bertz CT molecular complexity index is 432. The Balaban J connectivity index is 2.27. The van der Waals surface area contributed by atoms with Crippen LogP contribution in [0.2, 0.25) is 0 Å². The van der Waals surface area contributed by atoms with E-state index < -0.39 is 5.97 Å². The number of hydrogen-bond acceptors (Lipinski definition) is 4. The second-order valence-corrected chi connectivity index (χ2v) is 6.28. The van der Waals surface area contributed by atoms with Crippen molar-refractivity contribution < 1.29 is 9.90 Å². The molecule has 0 amide bonds. The van der Waals surface area contributed by atoms with Gasteiger partial charge in [-0.3, -0.25) is 4.79 Å². The Morgan fingerprint density at radius 1 is 1.47 bits per heavy atom. The highest BCUT2D eigenvalue weighted by Gasteiger charge is 2.33. The first-order valence-electron chi connectivity index (χ1n) is 5.69. The van der Waals surface area contributed by atoms with Gasteiger partial charge in [0.2, 0.25) is 0 Å². The van der Waals surface area contributed by atoms with Gasteiger partial charge in [0.25, 0.3) is 0 Å². The van der Waals surface area contributed by atoms with E-state index in [4.69, 9.17) is 5.11 Å². The molecule has 0 bridgehead atoms. The summed E-state index contributed by atoms with van der Waals surface area (Å²) in [5.41, 5.74) is -0.0579. The van der Waals surface area contributed by atoms with Crippen LogP contribution in [-0.2, 0) is 10.2 Å². The summed E-state index contributed by atoms with van der Waals surface area (Å²) in [6.45, 7) is 6.30. The topological polar surface area (TPSA) is 68.0 Å². The maximum atomic E-state index is 10.6. The van der Waals surface area contributed by atoms with Gasteiger partial charge in [0, 0.05) is 11.5 Å². The van der Waals surface area contributed by atoms with Crippen LogP contribution < -0.4 is 0 Å². The monoisotopic (exact) mass is 255 g/mol. The molecule has 1 aliphatic carbocycles. The predicted molar refractivity (Wildman–Crippen MR) is 65.4 cm³/mol. The van der Waals surface area contributed by atoms with Gasteiger partial charge in [0.1, 0.15) is 5.82 Å². The molecular formula is C11H17N3O2S. The van der Waals surface area contributed by atoms with Crippen LogP contribution in [0.5, 0.6) is 0 Å². The van der Waals surface area contributed by atoms with Crippen molar-refractivity contribution in [2.24, 2.45) is 0 Å². The number of nitrogens with zero attached hydrogens (tertiary/aromatic N) is 3. The number of rotatable bonds is 4. The van der Waals surface area contributed by atoms with Crippen molar-refractivity contribution in [3.8, 4) is 0 Å². The molecule has 1 fully saturated rings. The zero-order chi connectivity index (χ0) is 12.6. The van der Waals surface area contributed by atoms with Crippen LogP contribution >= 0.6 is 11.8 Å². The van der Waals surface area contributed by atoms with Crippen LogP contribution in [-0.4, -0.2) is 31.6 Å². The molecular weight excluding hydrogens is 238 g/mol. The SMILES string of the molecule is CC(C)(C)c1nnc(SCC(=O)O)n1C1CC1. The molecule has 0 spiro atoms. The number of carbonyl (C=O) groups is 1. The van der Waals surface area contributed by atoms with Gasteiger partial charge >= 0.3 is 5.97 Å². The average molecular weight is 255 g/mol. The standard InChI is InChI=1S/C11H17N3O2S/c1-11(2,3)9-12-13-10(17-6-8(15)16)14(9)7-4-5-7/h7H,4-6H2,1-3H3,(H,15,16). The Morgan fingerprint density at radius 2 is 2.12 bits per heavy atom. The molecule has 0 atom stereocenters. The van der Waals surface area contributed by atoms with Crippen molar-refractivity contribution in [1.29, 1.82) is 0 Å². The van der Waals surface area contributed by atoms with Crippen LogP contribution in [0.4, 0.5) is 0 Å². The van der Waals surface area contributed by atoms with Crippen LogP contribution in [0.25, 0.3) is 0 Å².